The van der Waals surface area contributed by atoms with Crippen molar-refractivity contribution in [2.45, 2.75) is 65.5 Å². The molecular formula is C21H32N6. The van der Waals surface area contributed by atoms with Crippen LogP contribution in [0.3, 0.4) is 0 Å². The molecule has 0 amide bonds. The molecule has 1 aliphatic rings. The summed E-state index contributed by atoms with van der Waals surface area (Å²) in [4.78, 5) is 4.78. The Bertz CT molecular complexity index is 766. The van der Waals surface area contributed by atoms with Crippen molar-refractivity contribution >= 4 is 5.96 Å². The number of nitrogens with zero attached hydrogens (tertiary/aromatic N) is 4. The Balaban J connectivity index is 1.64. The summed E-state index contributed by atoms with van der Waals surface area (Å²) in [5.74, 6) is 2.68. The fourth-order valence-corrected chi connectivity index (χ4v) is 3.70. The van der Waals surface area contributed by atoms with Crippen LogP contribution in [0.1, 0.15) is 54.0 Å². The second-order valence-corrected chi connectivity index (χ2v) is 7.56. The van der Waals surface area contributed by atoms with E-state index in [0.29, 0.717) is 12.6 Å². The van der Waals surface area contributed by atoms with Crippen LogP contribution in [0, 0.1) is 20.8 Å². The second-order valence-electron chi connectivity index (χ2n) is 7.56. The topological polar surface area (TPSA) is 67.1 Å². The average Bonchev–Trinajstić information content (AvgIpc) is 3.26. The van der Waals surface area contributed by atoms with Crippen molar-refractivity contribution in [3.63, 3.8) is 0 Å². The van der Waals surface area contributed by atoms with Gasteiger partial charge in [0, 0.05) is 19.6 Å². The van der Waals surface area contributed by atoms with Gasteiger partial charge in [-0.15, -0.1) is 10.2 Å². The van der Waals surface area contributed by atoms with Crippen molar-refractivity contribution in [3.05, 3.63) is 46.5 Å². The Morgan fingerprint density at radius 3 is 2.48 bits per heavy atom. The quantitative estimate of drug-likeness (QED) is 0.608. The molecule has 2 aromatic rings. The number of guanidine groups is 1. The van der Waals surface area contributed by atoms with E-state index in [1.807, 2.05) is 18.5 Å². The van der Waals surface area contributed by atoms with Crippen LogP contribution < -0.4 is 10.6 Å². The van der Waals surface area contributed by atoms with Crippen LogP contribution in [0.4, 0.5) is 0 Å². The number of aromatic nitrogens is 3. The Morgan fingerprint density at radius 1 is 1.15 bits per heavy atom. The predicted octanol–water partition coefficient (Wildman–Crippen LogP) is 2.96. The van der Waals surface area contributed by atoms with Gasteiger partial charge in [0.25, 0.3) is 0 Å². The third kappa shape index (κ3) is 5.08. The normalized spacial score (nSPS) is 15.3. The van der Waals surface area contributed by atoms with Crippen molar-refractivity contribution in [1.82, 2.24) is 25.4 Å². The number of hydrogen-bond acceptors (Lipinski definition) is 3. The zero-order valence-electron chi connectivity index (χ0n) is 17.0. The van der Waals surface area contributed by atoms with Crippen LogP contribution in [0.25, 0.3) is 0 Å². The van der Waals surface area contributed by atoms with Gasteiger partial charge >= 0.3 is 0 Å². The number of hydrogen-bond donors (Lipinski definition) is 2. The van der Waals surface area contributed by atoms with E-state index in [-0.39, 0.29) is 0 Å². The van der Waals surface area contributed by atoms with Crippen molar-refractivity contribution < 1.29 is 0 Å². The minimum atomic E-state index is 0.526. The molecule has 27 heavy (non-hydrogen) atoms. The molecule has 1 fully saturated rings. The number of rotatable bonds is 6. The van der Waals surface area contributed by atoms with Crippen LogP contribution in [0.5, 0.6) is 0 Å². The van der Waals surface area contributed by atoms with E-state index < -0.39 is 0 Å². The Kier molecular flexibility index (Phi) is 6.48. The summed E-state index contributed by atoms with van der Waals surface area (Å²) in [5, 5.41) is 15.5. The van der Waals surface area contributed by atoms with Gasteiger partial charge in [0.2, 0.25) is 0 Å². The minimum absolute atomic E-state index is 0.526. The summed E-state index contributed by atoms with van der Waals surface area (Å²) in [6, 6.07) is 7.02. The molecule has 0 saturated heterocycles. The lowest BCUT2D eigenvalue weighted by molar-refractivity contribution is 0.610. The molecule has 0 aliphatic heterocycles. The first-order valence-corrected chi connectivity index (χ1v) is 9.99. The van der Waals surface area contributed by atoms with Crippen LogP contribution in [0.2, 0.25) is 0 Å². The fourth-order valence-electron chi connectivity index (χ4n) is 3.70. The van der Waals surface area contributed by atoms with Gasteiger partial charge in [-0.05, 0) is 56.7 Å². The number of nitrogens with one attached hydrogen (secondary N) is 2. The number of aliphatic imine (C=N–C) groups is 1. The zero-order valence-corrected chi connectivity index (χ0v) is 17.0. The first-order chi connectivity index (χ1) is 13.0. The zero-order chi connectivity index (χ0) is 19.2. The maximum absolute atomic E-state index is 4.78. The van der Waals surface area contributed by atoms with Gasteiger partial charge in [0.1, 0.15) is 12.4 Å². The minimum Gasteiger partial charge on any atom is -0.356 e. The Morgan fingerprint density at radius 2 is 1.85 bits per heavy atom. The smallest absolute Gasteiger partial charge is 0.191 e. The summed E-state index contributed by atoms with van der Waals surface area (Å²) in [6.45, 7) is 7.72. The van der Waals surface area contributed by atoms with E-state index in [1.54, 1.807) is 0 Å². The molecule has 0 unspecified atom stereocenters. The van der Waals surface area contributed by atoms with E-state index in [0.717, 1.165) is 30.6 Å². The first-order valence-electron chi connectivity index (χ1n) is 9.99. The molecule has 0 radical (unpaired) electrons. The number of benzene rings is 1. The largest absolute Gasteiger partial charge is 0.356 e. The molecule has 0 spiro atoms. The van der Waals surface area contributed by atoms with Gasteiger partial charge in [0.15, 0.2) is 11.8 Å². The standard InChI is InChI=1S/C21H32N6/c1-15-8-7-9-16(2)19(15)12-13-22-21(24-18-10-5-6-11-18)23-14-20-26-25-17(3)27(20)4/h7-9,18H,5-6,10-14H2,1-4H3,(H2,22,23,24). The van der Waals surface area contributed by atoms with Crippen LogP contribution in [0.15, 0.2) is 23.2 Å². The lowest BCUT2D eigenvalue weighted by Crippen LogP contribution is -2.43. The van der Waals surface area contributed by atoms with Crippen LogP contribution in [-0.2, 0) is 20.0 Å². The van der Waals surface area contributed by atoms with Gasteiger partial charge in [-0.25, -0.2) is 4.99 Å². The molecule has 3 rings (SSSR count). The monoisotopic (exact) mass is 368 g/mol. The maximum Gasteiger partial charge on any atom is 0.191 e. The van der Waals surface area contributed by atoms with E-state index in [9.17, 15) is 0 Å². The highest BCUT2D eigenvalue weighted by Gasteiger charge is 2.16. The molecule has 1 saturated carbocycles. The third-order valence-corrected chi connectivity index (χ3v) is 5.57. The van der Waals surface area contributed by atoms with Crippen LogP contribution in [-0.4, -0.2) is 33.3 Å². The molecule has 1 heterocycles. The van der Waals surface area contributed by atoms with Gasteiger partial charge in [-0.2, -0.15) is 0 Å². The molecule has 146 valence electrons. The molecule has 1 aromatic carbocycles. The Labute approximate surface area is 162 Å². The van der Waals surface area contributed by atoms with Crippen molar-refractivity contribution in [2.24, 2.45) is 12.0 Å². The summed E-state index contributed by atoms with van der Waals surface area (Å²) in [6.07, 6.45) is 6.04. The lowest BCUT2D eigenvalue weighted by atomic mass is 10.0. The fraction of sp³-hybridized carbons (Fsp3) is 0.571. The van der Waals surface area contributed by atoms with E-state index in [1.165, 1.54) is 42.4 Å². The number of aryl methyl sites for hydroxylation is 3. The predicted molar refractivity (Wildman–Crippen MR) is 110 cm³/mol. The summed E-state index contributed by atoms with van der Waals surface area (Å²) in [7, 11) is 1.98. The van der Waals surface area contributed by atoms with Crippen LogP contribution >= 0.6 is 0 Å². The molecular weight excluding hydrogens is 336 g/mol. The highest BCUT2D eigenvalue weighted by molar-refractivity contribution is 5.80. The average molecular weight is 369 g/mol. The summed E-state index contributed by atoms with van der Waals surface area (Å²) in [5.41, 5.74) is 4.14. The highest BCUT2D eigenvalue weighted by atomic mass is 15.3. The van der Waals surface area contributed by atoms with E-state index >= 15 is 0 Å². The highest BCUT2D eigenvalue weighted by Crippen LogP contribution is 2.17. The van der Waals surface area contributed by atoms with Gasteiger partial charge < -0.3 is 15.2 Å². The van der Waals surface area contributed by atoms with Gasteiger partial charge in [-0.1, -0.05) is 31.0 Å². The van der Waals surface area contributed by atoms with E-state index in [2.05, 4.69) is 52.9 Å². The molecule has 0 bridgehead atoms. The SMILES string of the molecule is Cc1cccc(C)c1CCNC(=NCc1nnc(C)n1C)NC1CCCC1. The summed E-state index contributed by atoms with van der Waals surface area (Å²) < 4.78 is 1.99. The van der Waals surface area contributed by atoms with Crippen molar-refractivity contribution in [1.29, 1.82) is 0 Å². The maximum atomic E-state index is 4.78. The molecule has 6 heteroatoms. The van der Waals surface area contributed by atoms with E-state index in [4.69, 9.17) is 4.99 Å². The van der Waals surface area contributed by atoms with Gasteiger partial charge in [0.05, 0.1) is 0 Å². The third-order valence-electron chi connectivity index (χ3n) is 5.57. The van der Waals surface area contributed by atoms with Crippen molar-refractivity contribution in [2.75, 3.05) is 6.54 Å². The van der Waals surface area contributed by atoms with Gasteiger partial charge in [-0.3, -0.25) is 0 Å². The Hall–Kier alpha value is -2.37. The first kappa shape index (κ1) is 19.4. The van der Waals surface area contributed by atoms with Crippen molar-refractivity contribution in [3.8, 4) is 0 Å². The molecule has 6 nitrogen and oxygen atoms in total. The second kappa shape index (κ2) is 9.02. The molecule has 1 aliphatic carbocycles. The molecule has 2 N–H and O–H groups in total. The molecule has 0 atom stereocenters. The summed E-state index contributed by atoms with van der Waals surface area (Å²) >= 11 is 0. The molecule has 1 aromatic heterocycles. The lowest BCUT2D eigenvalue weighted by Gasteiger charge is -2.18.